The topological polar surface area (TPSA) is 79.3 Å². The van der Waals surface area contributed by atoms with Crippen LogP contribution in [0.2, 0.25) is 0 Å². The largest absolute Gasteiger partial charge is 0.481 e. The van der Waals surface area contributed by atoms with E-state index in [9.17, 15) is 9.59 Å². The van der Waals surface area contributed by atoms with Gasteiger partial charge in [-0.1, -0.05) is 24.3 Å². The Labute approximate surface area is 162 Å². The van der Waals surface area contributed by atoms with Gasteiger partial charge in [0.15, 0.2) is 0 Å². The highest BCUT2D eigenvalue weighted by molar-refractivity contribution is 7.18. The molecule has 1 amide bonds. The van der Waals surface area contributed by atoms with Crippen LogP contribution in [0.1, 0.15) is 36.3 Å². The summed E-state index contributed by atoms with van der Waals surface area (Å²) in [6.45, 7) is 0. The van der Waals surface area contributed by atoms with Crippen molar-refractivity contribution in [1.29, 1.82) is 0 Å². The van der Waals surface area contributed by atoms with Crippen molar-refractivity contribution in [3.8, 4) is 0 Å². The Kier molecular flexibility index (Phi) is 6.54. The van der Waals surface area contributed by atoms with Crippen molar-refractivity contribution in [3.05, 3.63) is 59.1 Å². The lowest BCUT2D eigenvalue weighted by molar-refractivity contribution is -0.137. The van der Waals surface area contributed by atoms with Crippen LogP contribution in [0.25, 0.3) is 10.2 Å². The number of benzene rings is 2. The number of anilines is 1. The molecule has 2 aromatic carbocycles. The molecule has 2 N–H and O–H groups in total. The molecule has 0 saturated carbocycles. The van der Waals surface area contributed by atoms with Crippen LogP contribution in [-0.4, -0.2) is 22.0 Å². The summed E-state index contributed by atoms with van der Waals surface area (Å²) in [5.74, 6) is -0.809. The number of nitrogens with one attached hydrogen (secondary N) is 1. The molecule has 27 heavy (non-hydrogen) atoms. The van der Waals surface area contributed by atoms with Crippen LogP contribution in [0.3, 0.4) is 0 Å². The van der Waals surface area contributed by atoms with Gasteiger partial charge in [0.05, 0.1) is 15.2 Å². The maximum Gasteiger partial charge on any atom is 0.303 e. The third-order valence-electron chi connectivity index (χ3n) is 4.25. The first-order chi connectivity index (χ1) is 13.1. The van der Waals surface area contributed by atoms with Gasteiger partial charge in [0.2, 0.25) is 5.91 Å². The van der Waals surface area contributed by atoms with Gasteiger partial charge >= 0.3 is 5.97 Å². The molecule has 0 unspecified atom stereocenters. The van der Waals surface area contributed by atoms with Crippen molar-refractivity contribution >= 4 is 39.1 Å². The van der Waals surface area contributed by atoms with Crippen molar-refractivity contribution in [2.24, 2.45) is 0 Å². The summed E-state index contributed by atoms with van der Waals surface area (Å²) in [4.78, 5) is 27.3. The molecule has 0 aliphatic heterocycles. The molecule has 0 aliphatic rings. The lowest BCUT2D eigenvalue weighted by Crippen LogP contribution is -2.11. The average Bonchev–Trinajstić information content (AvgIpc) is 3.07. The number of carboxylic acids is 1. The van der Waals surface area contributed by atoms with E-state index in [4.69, 9.17) is 5.11 Å². The zero-order valence-corrected chi connectivity index (χ0v) is 15.8. The molecule has 6 heteroatoms. The van der Waals surface area contributed by atoms with Gasteiger partial charge in [-0.3, -0.25) is 9.59 Å². The number of thiazole rings is 1. The number of carboxylic acid groups (broad SMARTS) is 1. The van der Waals surface area contributed by atoms with Gasteiger partial charge in [0, 0.05) is 18.5 Å². The number of unbranched alkanes of at least 4 members (excludes halogenated alkanes) is 1. The zero-order valence-electron chi connectivity index (χ0n) is 15.0. The number of rotatable bonds is 9. The van der Waals surface area contributed by atoms with E-state index in [2.05, 4.69) is 16.4 Å². The fourth-order valence-electron chi connectivity index (χ4n) is 2.82. The van der Waals surface area contributed by atoms with Gasteiger partial charge < -0.3 is 10.4 Å². The van der Waals surface area contributed by atoms with E-state index in [1.165, 1.54) is 4.70 Å². The highest BCUT2D eigenvalue weighted by atomic mass is 32.1. The van der Waals surface area contributed by atoms with Crippen molar-refractivity contribution in [2.75, 3.05) is 5.32 Å². The van der Waals surface area contributed by atoms with E-state index in [1.54, 1.807) is 11.3 Å². The Morgan fingerprint density at radius 3 is 2.48 bits per heavy atom. The third kappa shape index (κ3) is 5.89. The second-order valence-electron chi connectivity index (χ2n) is 6.42. The summed E-state index contributed by atoms with van der Waals surface area (Å²) in [5.41, 5.74) is 2.73. The minimum absolute atomic E-state index is 0.00224. The Bertz CT molecular complexity index is 886. The van der Waals surface area contributed by atoms with E-state index < -0.39 is 5.97 Å². The number of nitrogens with zero attached hydrogens (tertiary/aromatic N) is 1. The van der Waals surface area contributed by atoms with Crippen LogP contribution < -0.4 is 5.32 Å². The smallest absolute Gasteiger partial charge is 0.303 e. The van der Waals surface area contributed by atoms with Gasteiger partial charge in [-0.2, -0.15) is 0 Å². The predicted molar refractivity (Wildman–Crippen MR) is 108 cm³/mol. The Balaban J connectivity index is 1.38. The van der Waals surface area contributed by atoms with Crippen LogP contribution >= 0.6 is 11.3 Å². The summed E-state index contributed by atoms with van der Waals surface area (Å²) in [5, 5.41) is 12.7. The second kappa shape index (κ2) is 9.28. The molecule has 5 nitrogen and oxygen atoms in total. The molecule has 0 bridgehead atoms. The summed E-state index contributed by atoms with van der Waals surface area (Å²) in [6, 6.07) is 15.5. The molecular weight excluding hydrogens is 360 g/mol. The maximum atomic E-state index is 12.1. The van der Waals surface area contributed by atoms with E-state index in [-0.39, 0.29) is 12.3 Å². The molecule has 1 heterocycles. The number of fused-ring (bicyclic) bond motifs is 1. The van der Waals surface area contributed by atoms with Crippen LogP contribution in [0.15, 0.2) is 48.5 Å². The molecule has 1 aromatic heterocycles. The number of para-hydroxylation sites is 1. The maximum absolute atomic E-state index is 12.1. The van der Waals surface area contributed by atoms with E-state index in [1.807, 2.05) is 42.5 Å². The number of hydrogen-bond acceptors (Lipinski definition) is 4. The lowest BCUT2D eigenvalue weighted by atomic mass is 10.1. The van der Waals surface area contributed by atoms with E-state index in [0.29, 0.717) is 12.8 Å². The van der Waals surface area contributed by atoms with Crippen molar-refractivity contribution in [2.45, 2.75) is 38.5 Å². The minimum Gasteiger partial charge on any atom is -0.481 e. The fraction of sp³-hybridized carbons (Fsp3) is 0.286. The molecule has 3 aromatic rings. The van der Waals surface area contributed by atoms with Gasteiger partial charge in [-0.05, 0) is 55.5 Å². The van der Waals surface area contributed by atoms with E-state index in [0.717, 1.165) is 41.0 Å². The standard InChI is InChI=1S/C21H22N2O3S/c24-19(22-16-12-9-15(10-13-16)11-14-21(25)26)7-3-4-8-20-23-17-5-1-2-6-18(17)27-20/h1-2,5-6,9-10,12-13H,3-4,7-8,11,14H2,(H,22,24)(H,25,26). The second-order valence-corrected chi connectivity index (χ2v) is 7.54. The fourth-order valence-corrected chi connectivity index (χ4v) is 3.83. The molecule has 0 saturated heterocycles. The first-order valence-electron chi connectivity index (χ1n) is 9.05. The van der Waals surface area contributed by atoms with Gasteiger partial charge in [-0.25, -0.2) is 4.98 Å². The van der Waals surface area contributed by atoms with Crippen LogP contribution in [0.5, 0.6) is 0 Å². The summed E-state index contributed by atoms with van der Waals surface area (Å²) < 4.78 is 1.21. The Hall–Kier alpha value is -2.73. The van der Waals surface area contributed by atoms with Crippen molar-refractivity contribution in [1.82, 2.24) is 4.98 Å². The van der Waals surface area contributed by atoms with Crippen LogP contribution in [0.4, 0.5) is 5.69 Å². The van der Waals surface area contributed by atoms with Crippen LogP contribution in [-0.2, 0) is 22.4 Å². The summed E-state index contributed by atoms with van der Waals surface area (Å²) in [6.07, 6.45) is 3.73. The van der Waals surface area contributed by atoms with Gasteiger partial charge in [-0.15, -0.1) is 11.3 Å². The summed E-state index contributed by atoms with van der Waals surface area (Å²) >= 11 is 1.72. The quantitative estimate of drug-likeness (QED) is 0.527. The monoisotopic (exact) mass is 382 g/mol. The third-order valence-corrected chi connectivity index (χ3v) is 5.34. The number of hydrogen-bond donors (Lipinski definition) is 2. The molecule has 140 valence electrons. The SMILES string of the molecule is O=C(O)CCc1ccc(NC(=O)CCCCc2nc3ccccc3s2)cc1. The number of aliphatic carboxylic acids is 1. The highest BCUT2D eigenvalue weighted by Gasteiger charge is 2.06. The number of aromatic nitrogens is 1. The minimum atomic E-state index is -0.807. The number of amides is 1. The first-order valence-corrected chi connectivity index (χ1v) is 9.87. The molecule has 0 fully saturated rings. The number of carbonyl (C=O) groups excluding carboxylic acids is 1. The van der Waals surface area contributed by atoms with Gasteiger partial charge in [0.25, 0.3) is 0 Å². The molecule has 0 aliphatic carbocycles. The average molecular weight is 382 g/mol. The van der Waals surface area contributed by atoms with Gasteiger partial charge in [0.1, 0.15) is 0 Å². The highest BCUT2D eigenvalue weighted by Crippen LogP contribution is 2.23. The van der Waals surface area contributed by atoms with Crippen LogP contribution in [0, 0.1) is 0 Å². The number of carbonyl (C=O) groups is 2. The lowest BCUT2D eigenvalue weighted by Gasteiger charge is -2.06. The zero-order chi connectivity index (χ0) is 19.1. The summed E-state index contributed by atoms with van der Waals surface area (Å²) in [7, 11) is 0. The Morgan fingerprint density at radius 2 is 1.74 bits per heavy atom. The molecule has 0 spiro atoms. The molecule has 0 atom stereocenters. The van der Waals surface area contributed by atoms with E-state index >= 15 is 0 Å². The molecule has 0 radical (unpaired) electrons. The first kappa shape index (κ1) is 19.0. The number of aryl methyl sites for hydroxylation is 2. The molecular formula is C21H22N2O3S. The van der Waals surface area contributed by atoms with Crippen molar-refractivity contribution < 1.29 is 14.7 Å². The van der Waals surface area contributed by atoms with Crippen molar-refractivity contribution in [3.63, 3.8) is 0 Å². The predicted octanol–water partition coefficient (Wildman–Crippen LogP) is 4.67. The Morgan fingerprint density at radius 1 is 0.963 bits per heavy atom. The molecule has 3 rings (SSSR count). The normalized spacial score (nSPS) is 10.8.